The number of allylic oxidation sites excluding steroid dienone is 1. The van der Waals surface area contributed by atoms with Crippen LogP contribution in [0.25, 0.3) is 27.7 Å². The molecule has 7 nitrogen and oxygen atoms in total. The number of pyridine rings is 1. The monoisotopic (exact) mass is 505 g/mol. The van der Waals surface area contributed by atoms with Crippen LogP contribution in [0.1, 0.15) is 50.6 Å². The van der Waals surface area contributed by atoms with Crippen molar-refractivity contribution in [3.8, 4) is 11.1 Å². The highest BCUT2D eigenvalue weighted by molar-refractivity contribution is 9.10. The summed E-state index contributed by atoms with van der Waals surface area (Å²) in [5.74, 6) is 0.360. The van der Waals surface area contributed by atoms with E-state index in [0.29, 0.717) is 5.92 Å². The summed E-state index contributed by atoms with van der Waals surface area (Å²) in [6, 6.07) is 10.3. The fraction of sp³-hybridized carbons (Fsp3) is 0.320. The summed E-state index contributed by atoms with van der Waals surface area (Å²) in [4.78, 5) is 9.70. The highest BCUT2D eigenvalue weighted by Crippen LogP contribution is 2.33. The van der Waals surface area contributed by atoms with E-state index in [-0.39, 0.29) is 0 Å². The summed E-state index contributed by atoms with van der Waals surface area (Å²) in [5.41, 5.74) is 8.67. The number of aromatic nitrogens is 4. The number of fused-ring (bicyclic) bond motifs is 2. The molecule has 0 aliphatic heterocycles. The number of benzene rings is 1. The molecule has 0 fully saturated rings. The molecular weight excluding hydrogens is 478 g/mol. The van der Waals surface area contributed by atoms with Crippen LogP contribution in [0.3, 0.4) is 0 Å². The van der Waals surface area contributed by atoms with E-state index in [1.54, 1.807) is 7.05 Å². The van der Waals surface area contributed by atoms with Crippen LogP contribution in [0.4, 0.5) is 0 Å². The van der Waals surface area contributed by atoms with Gasteiger partial charge in [0.2, 0.25) is 0 Å². The molecule has 0 unspecified atom stereocenters. The van der Waals surface area contributed by atoms with E-state index >= 15 is 0 Å². The lowest BCUT2D eigenvalue weighted by molar-refractivity contribution is 0.538. The first-order valence-corrected chi connectivity index (χ1v) is 12.0. The Kier molecular flexibility index (Phi) is 7.44. The number of unbranched alkanes of at least 4 members (excludes halogenated alkanes) is 1. The Labute approximate surface area is 202 Å². The van der Waals surface area contributed by atoms with Gasteiger partial charge in [0.15, 0.2) is 5.65 Å². The first-order chi connectivity index (χ1) is 16.1. The minimum Gasteiger partial charge on any atom is -0.265 e. The van der Waals surface area contributed by atoms with Gasteiger partial charge < -0.3 is 0 Å². The van der Waals surface area contributed by atoms with Crippen molar-refractivity contribution in [2.24, 2.45) is 10.3 Å². The van der Waals surface area contributed by atoms with E-state index in [1.165, 1.54) is 0 Å². The van der Waals surface area contributed by atoms with Crippen molar-refractivity contribution in [2.45, 2.75) is 44.9 Å². The summed E-state index contributed by atoms with van der Waals surface area (Å²) in [5, 5.41) is 13.1. The summed E-state index contributed by atoms with van der Waals surface area (Å²) in [7, 11) is 1.64. The Morgan fingerprint density at radius 1 is 1.24 bits per heavy atom. The highest BCUT2D eigenvalue weighted by atomic mass is 79.9. The average Bonchev–Trinajstić information content (AvgIpc) is 3.24. The Hall–Kier alpha value is -3.13. The van der Waals surface area contributed by atoms with Gasteiger partial charge in [-0.3, -0.25) is 10.4 Å². The predicted molar refractivity (Wildman–Crippen MR) is 136 cm³/mol. The molecule has 1 aromatic carbocycles. The van der Waals surface area contributed by atoms with E-state index in [9.17, 15) is 0 Å². The standard InChI is InChI=1S/C25H28BrN7/c1-4-18(10-6-5-9-17(2)31-32-27-3)24-22(26)16-33-25(30-24)21(15-29-33)20-13-19-11-7-8-12-23(19)28-14-20/h7-8,11-16,18H,2,4-6,9-10H2,1,3H3,(H,27,31)/t18-/m1/s1. The van der Waals surface area contributed by atoms with E-state index in [2.05, 4.69) is 67.4 Å². The molecule has 0 aliphatic rings. The molecule has 0 amide bonds. The number of hydrogen-bond acceptors (Lipinski definition) is 5. The van der Waals surface area contributed by atoms with Crippen LogP contribution in [-0.2, 0) is 0 Å². The maximum atomic E-state index is 5.09. The number of rotatable bonds is 10. The summed E-state index contributed by atoms with van der Waals surface area (Å²) < 4.78 is 2.82. The average molecular weight is 506 g/mol. The molecule has 0 radical (unpaired) electrons. The third-order valence-corrected chi connectivity index (χ3v) is 6.46. The molecule has 1 N–H and O–H groups in total. The third kappa shape index (κ3) is 5.27. The SMILES string of the molecule is C=C(CCCC[C@@H](CC)c1nc2c(-c3cnc4ccccc4c3)cnn2cc1Br)NN=NC. The molecule has 1 atom stereocenters. The molecule has 170 valence electrons. The predicted octanol–water partition coefficient (Wildman–Crippen LogP) is 6.86. The Morgan fingerprint density at radius 2 is 2.09 bits per heavy atom. The minimum atomic E-state index is 0.360. The Bertz CT molecular complexity index is 1290. The van der Waals surface area contributed by atoms with Crippen molar-refractivity contribution in [1.82, 2.24) is 25.0 Å². The van der Waals surface area contributed by atoms with Gasteiger partial charge in [-0.1, -0.05) is 43.3 Å². The molecule has 3 heterocycles. The van der Waals surface area contributed by atoms with Crippen LogP contribution in [-0.4, -0.2) is 26.6 Å². The summed E-state index contributed by atoms with van der Waals surface area (Å²) in [6.07, 6.45) is 10.9. The first-order valence-electron chi connectivity index (χ1n) is 11.2. The van der Waals surface area contributed by atoms with Gasteiger partial charge in [0.05, 0.1) is 28.9 Å². The quantitative estimate of drug-likeness (QED) is 0.145. The topological polar surface area (TPSA) is 79.8 Å². The van der Waals surface area contributed by atoms with Gasteiger partial charge in [0.25, 0.3) is 0 Å². The van der Waals surface area contributed by atoms with Crippen molar-refractivity contribution >= 4 is 32.5 Å². The van der Waals surface area contributed by atoms with Crippen molar-refractivity contribution in [3.63, 3.8) is 0 Å². The van der Waals surface area contributed by atoms with Crippen molar-refractivity contribution in [3.05, 3.63) is 71.4 Å². The molecule has 0 saturated carbocycles. The molecule has 0 saturated heterocycles. The summed E-state index contributed by atoms with van der Waals surface area (Å²) in [6.45, 7) is 6.21. The van der Waals surface area contributed by atoms with Gasteiger partial charge in [-0.2, -0.15) is 10.2 Å². The van der Waals surface area contributed by atoms with Gasteiger partial charge in [0, 0.05) is 40.5 Å². The van der Waals surface area contributed by atoms with Crippen LogP contribution < -0.4 is 5.43 Å². The highest BCUT2D eigenvalue weighted by Gasteiger charge is 2.18. The number of para-hydroxylation sites is 1. The van der Waals surface area contributed by atoms with Crippen LogP contribution in [0.5, 0.6) is 0 Å². The normalized spacial score (nSPS) is 12.6. The zero-order valence-electron chi connectivity index (χ0n) is 19.0. The zero-order chi connectivity index (χ0) is 23.2. The van der Waals surface area contributed by atoms with Gasteiger partial charge >= 0.3 is 0 Å². The lowest BCUT2D eigenvalue weighted by Gasteiger charge is -2.16. The van der Waals surface area contributed by atoms with Crippen LogP contribution in [0, 0.1) is 0 Å². The van der Waals surface area contributed by atoms with Crippen LogP contribution in [0.15, 0.2) is 76.0 Å². The second-order valence-electron chi connectivity index (χ2n) is 8.08. The molecular formula is C25H28BrN7. The lowest BCUT2D eigenvalue weighted by atomic mass is 9.94. The van der Waals surface area contributed by atoms with E-state index < -0.39 is 0 Å². The second-order valence-corrected chi connectivity index (χ2v) is 8.94. The van der Waals surface area contributed by atoms with Gasteiger partial charge in [-0.15, -0.1) is 0 Å². The molecule has 8 heteroatoms. The molecule has 33 heavy (non-hydrogen) atoms. The number of hydrogen-bond donors (Lipinski definition) is 1. The van der Waals surface area contributed by atoms with Crippen LogP contribution >= 0.6 is 15.9 Å². The number of halogens is 1. The largest absolute Gasteiger partial charge is 0.265 e. The smallest absolute Gasteiger partial charge is 0.163 e. The number of nitrogens with zero attached hydrogens (tertiary/aromatic N) is 6. The molecule has 4 aromatic rings. The number of nitrogens with one attached hydrogen (secondary N) is 1. The van der Waals surface area contributed by atoms with Crippen molar-refractivity contribution in [1.29, 1.82) is 0 Å². The second kappa shape index (κ2) is 10.7. The maximum Gasteiger partial charge on any atom is 0.163 e. The zero-order valence-corrected chi connectivity index (χ0v) is 20.6. The van der Waals surface area contributed by atoms with Gasteiger partial charge in [-0.25, -0.2) is 9.50 Å². The lowest BCUT2D eigenvalue weighted by Crippen LogP contribution is -2.06. The molecule has 3 aromatic heterocycles. The maximum absolute atomic E-state index is 5.09. The van der Waals surface area contributed by atoms with E-state index in [0.717, 1.165) is 75.6 Å². The molecule has 0 aliphatic carbocycles. The van der Waals surface area contributed by atoms with Crippen molar-refractivity contribution in [2.75, 3.05) is 7.05 Å². The Balaban J connectivity index is 1.56. The van der Waals surface area contributed by atoms with Crippen LogP contribution in [0.2, 0.25) is 0 Å². The fourth-order valence-electron chi connectivity index (χ4n) is 4.05. The van der Waals surface area contributed by atoms with Gasteiger partial charge in [-0.05, 0) is 53.7 Å². The van der Waals surface area contributed by atoms with E-state index in [4.69, 9.17) is 4.98 Å². The van der Waals surface area contributed by atoms with Crippen molar-refractivity contribution < 1.29 is 0 Å². The van der Waals surface area contributed by atoms with Gasteiger partial charge in [0.1, 0.15) is 0 Å². The Morgan fingerprint density at radius 3 is 2.91 bits per heavy atom. The fourth-order valence-corrected chi connectivity index (χ4v) is 4.66. The van der Waals surface area contributed by atoms with E-state index in [1.807, 2.05) is 41.3 Å². The third-order valence-electron chi connectivity index (χ3n) is 5.85. The summed E-state index contributed by atoms with van der Waals surface area (Å²) >= 11 is 3.73. The first kappa shape index (κ1) is 23.0. The molecule has 0 spiro atoms. The molecule has 4 rings (SSSR count). The minimum absolute atomic E-state index is 0.360. The molecule has 0 bridgehead atoms.